The molecule has 1 aliphatic carbocycles. The zero-order valence-corrected chi connectivity index (χ0v) is 7.71. The second kappa shape index (κ2) is 3.26. The van der Waals surface area contributed by atoms with Crippen molar-refractivity contribution in [1.29, 1.82) is 0 Å². The number of aryl methyl sites for hydroxylation is 2. The van der Waals surface area contributed by atoms with Crippen LogP contribution in [0.3, 0.4) is 0 Å². The van der Waals surface area contributed by atoms with Crippen molar-refractivity contribution in [3.05, 3.63) is 29.6 Å². The number of aromatic nitrogens is 1. The minimum atomic E-state index is 1.11. The van der Waals surface area contributed by atoms with Crippen LogP contribution in [0.4, 0.5) is 0 Å². The molecule has 0 radical (unpaired) electrons. The molecule has 64 valence electrons. The molecule has 1 aromatic rings. The Kier molecular flexibility index (Phi) is 2.11. The molecule has 1 heteroatoms. The van der Waals surface area contributed by atoms with Crippen LogP contribution < -0.4 is 4.57 Å². The Bertz CT molecular complexity index is 264. The predicted molar refractivity (Wildman–Crippen MR) is 49.0 cm³/mol. The Morgan fingerprint density at radius 2 is 2.17 bits per heavy atom. The standard InChI is InChI=1S/C11H16N/c1-2-12-9-5-7-10-6-3-4-8-11(10)12/h5,7,9H,2-4,6,8H2,1H3/q+1. The summed E-state index contributed by atoms with van der Waals surface area (Å²) < 4.78 is 2.38. The number of rotatable bonds is 1. The first-order chi connectivity index (χ1) is 5.92. The number of fused-ring (bicyclic) bond motifs is 1. The monoisotopic (exact) mass is 162 g/mol. The van der Waals surface area contributed by atoms with Crippen molar-refractivity contribution in [1.82, 2.24) is 0 Å². The van der Waals surface area contributed by atoms with E-state index in [1.165, 1.54) is 25.7 Å². The first-order valence-corrected chi connectivity index (χ1v) is 4.92. The molecule has 0 aromatic carbocycles. The SMILES string of the molecule is CC[n+]1cccc2c1CCCC2. The predicted octanol–water partition coefficient (Wildman–Crippen LogP) is 1.87. The maximum atomic E-state index is 2.38. The first kappa shape index (κ1) is 7.78. The summed E-state index contributed by atoms with van der Waals surface area (Å²) in [6.45, 7) is 3.33. The van der Waals surface area contributed by atoms with E-state index in [4.69, 9.17) is 0 Å². The summed E-state index contributed by atoms with van der Waals surface area (Å²) in [5.74, 6) is 0. The molecule has 0 saturated heterocycles. The summed E-state index contributed by atoms with van der Waals surface area (Å²) in [4.78, 5) is 0. The van der Waals surface area contributed by atoms with Crippen LogP contribution in [0.1, 0.15) is 31.0 Å². The third kappa shape index (κ3) is 1.24. The van der Waals surface area contributed by atoms with Gasteiger partial charge >= 0.3 is 0 Å². The topological polar surface area (TPSA) is 3.88 Å². The van der Waals surface area contributed by atoms with Crippen LogP contribution in [0.5, 0.6) is 0 Å². The van der Waals surface area contributed by atoms with Gasteiger partial charge in [0.25, 0.3) is 0 Å². The van der Waals surface area contributed by atoms with Gasteiger partial charge in [-0.15, -0.1) is 0 Å². The fourth-order valence-electron chi connectivity index (χ4n) is 2.07. The van der Waals surface area contributed by atoms with Crippen molar-refractivity contribution in [3.63, 3.8) is 0 Å². The van der Waals surface area contributed by atoms with Crippen LogP contribution >= 0.6 is 0 Å². The van der Waals surface area contributed by atoms with Crippen molar-refractivity contribution < 1.29 is 4.57 Å². The summed E-state index contributed by atoms with van der Waals surface area (Å²) in [7, 11) is 0. The van der Waals surface area contributed by atoms with Gasteiger partial charge in [-0.3, -0.25) is 0 Å². The molecule has 0 spiro atoms. The molecule has 1 aliphatic rings. The molecule has 1 heterocycles. The van der Waals surface area contributed by atoms with Gasteiger partial charge in [0.15, 0.2) is 11.9 Å². The van der Waals surface area contributed by atoms with E-state index in [2.05, 4.69) is 29.8 Å². The lowest BCUT2D eigenvalue weighted by atomic mass is 9.96. The average Bonchev–Trinajstić information content (AvgIpc) is 2.17. The maximum Gasteiger partial charge on any atom is 0.184 e. The smallest absolute Gasteiger partial charge is 0.184 e. The Morgan fingerprint density at radius 1 is 1.33 bits per heavy atom. The highest BCUT2D eigenvalue weighted by atomic mass is 14.9. The number of hydrogen-bond donors (Lipinski definition) is 0. The summed E-state index contributed by atoms with van der Waals surface area (Å²) >= 11 is 0. The van der Waals surface area contributed by atoms with Gasteiger partial charge in [0.05, 0.1) is 0 Å². The molecule has 0 fully saturated rings. The van der Waals surface area contributed by atoms with Crippen molar-refractivity contribution in [2.75, 3.05) is 0 Å². The van der Waals surface area contributed by atoms with Gasteiger partial charge in [-0.05, 0) is 32.3 Å². The summed E-state index contributed by atoms with van der Waals surface area (Å²) in [5, 5.41) is 0. The van der Waals surface area contributed by atoms with Gasteiger partial charge in [0, 0.05) is 18.1 Å². The summed E-state index contributed by atoms with van der Waals surface area (Å²) in [6.07, 6.45) is 7.52. The van der Waals surface area contributed by atoms with Gasteiger partial charge < -0.3 is 0 Å². The first-order valence-electron chi connectivity index (χ1n) is 4.92. The zero-order valence-electron chi connectivity index (χ0n) is 7.71. The van der Waals surface area contributed by atoms with Crippen molar-refractivity contribution in [2.24, 2.45) is 0 Å². The largest absolute Gasteiger partial charge is 0.203 e. The second-order valence-corrected chi connectivity index (χ2v) is 3.47. The molecule has 2 rings (SSSR count). The molecular weight excluding hydrogens is 146 g/mol. The van der Waals surface area contributed by atoms with E-state index in [9.17, 15) is 0 Å². The molecule has 1 nitrogen and oxygen atoms in total. The summed E-state index contributed by atoms with van der Waals surface area (Å²) in [5.41, 5.74) is 3.15. The van der Waals surface area contributed by atoms with Gasteiger partial charge in [0.2, 0.25) is 0 Å². The normalized spacial score (nSPS) is 15.8. The van der Waals surface area contributed by atoms with E-state index in [0.717, 1.165) is 6.54 Å². The zero-order chi connectivity index (χ0) is 8.39. The van der Waals surface area contributed by atoms with Crippen LogP contribution in [-0.4, -0.2) is 0 Å². The lowest BCUT2D eigenvalue weighted by molar-refractivity contribution is -0.701. The van der Waals surface area contributed by atoms with Gasteiger partial charge in [-0.1, -0.05) is 0 Å². The van der Waals surface area contributed by atoms with E-state index in [-0.39, 0.29) is 0 Å². The van der Waals surface area contributed by atoms with Crippen LogP contribution in [-0.2, 0) is 19.4 Å². The maximum absolute atomic E-state index is 2.38. The average molecular weight is 162 g/mol. The highest BCUT2D eigenvalue weighted by Crippen LogP contribution is 2.16. The van der Waals surface area contributed by atoms with E-state index in [1.807, 2.05) is 0 Å². The highest BCUT2D eigenvalue weighted by molar-refractivity contribution is 5.18. The van der Waals surface area contributed by atoms with Crippen LogP contribution in [0.25, 0.3) is 0 Å². The van der Waals surface area contributed by atoms with E-state index in [0.29, 0.717) is 0 Å². The molecule has 0 aliphatic heterocycles. The van der Waals surface area contributed by atoms with Gasteiger partial charge in [-0.2, -0.15) is 0 Å². The lowest BCUT2D eigenvalue weighted by Gasteiger charge is -2.12. The lowest BCUT2D eigenvalue weighted by Crippen LogP contribution is -2.38. The molecule has 12 heavy (non-hydrogen) atoms. The molecular formula is C11H16N+. The third-order valence-electron chi connectivity index (χ3n) is 2.73. The Balaban J connectivity index is 2.44. The highest BCUT2D eigenvalue weighted by Gasteiger charge is 2.17. The Hall–Kier alpha value is -0.850. The quantitative estimate of drug-likeness (QED) is 0.555. The van der Waals surface area contributed by atoms with Gasteiger partial charge in [-0.25, -0.2) is 4.57 Å². The van der Waals surface area contributed by atoms with Gasteiger partial charge in [0.1, 0.15) is 6.54 Å². The molecule has 0 saturated carbocycles. The van der Waals surface area contributed by atoms with Crippen LogP contribution in [0.15, 0.2) is 18.3 Å². The fraction of sp³-hybridized carbons (Fsp3) is 0.545. The molecule has 1 aromatic heterocycles. The Labute approximate surface area is 74.0 Å². The van der Waals surface area contributed by atoms with Crippen molar-refractivity contribution in [2.45, 2.75) is 39.2 Å². The minimum absolute atomic E-state index is 1.11. The van der Waals surface area contributed by atoms with Crippen LogP contribution in [0.2, 0.25) is 0 Å². The van der Waals surface area contributed by atoms with Crippen LogP contribution in [0, 0.1) is 0 Å². The minimum Gasteiger partial charge on any atom is -0.203 e. The second-order valence-electron chi connectivity index (χ2n) is 3.47. The number of hydrogen-bond acceptors (Lipinski definition) is 0. The Morgan fingerprint density at radius 3 is 3.00 bits per heavy atom. The molecule has 0 N–H and O–H groups in total. The van der Waals surface area contributed by atoms with E-state index < -0.39 is 0 Å². The molecule has 0 unspecified atom stereocenters. The molecule has 0 atom stereocenters. The summed E-state index contributed by atoms with van der Waals surface area (Å²) in [6, 6.07) is 4.45. The number of nitrogens with zero attached hydrogens (tertiary/aromatic N) is 1. The van der Waals surface area contributed by atoms with Crippen molar-refractivity contribution >= 4 is 0 Å². The number of pyridine rings is 1. The molecule has 0 bridgehead atoms. The van der Waals surface area contributed by atoms with E-state index in [1.54, 1.807) is 11.3 Å². The van der Waals surface area contributed by atoms with Crippen molar-refractivity contribution in [3.8, 4) is 0 Å². The van der Waals surface area contributed by atoms with E-state index >= 15 is 0 Å². The molecule has 0 amide bonds. The fourth-order valence-corrected chi connectivity index (χ4v) is 2.07. The third-order valence-corrected chi connectivity index (χ3v) is 2.73.